The van der Waals surface area contributed by atoms with E-state index in [1.54, 1.807) is 77.4 Å². The van der Waals surface area contributed by atoms with Crippen LogP contribution in [0.25, 0.3) is 0 Å². The maximum absolute atomic E-state index is 13.7. The van der Waals surface area contributed by atoms with E-state index in [1.165, 1.54) is 30.3 Å². The van der Waals surface area contributed by atoms with Crippen LogP contribution in [0.2, 0.25) is 10.0 Å². The summed E-state index contributed by atoms with van der Waals surface area (Å²) in [6, 6.07) is 16.4. The van der Waals surface area contributed by atoms with Crippen molar-refractivity contribution in [2.75, 3.05) is 4.72 Å². The molecule has 1 amide bonds. The number of amides is 1. The largest absolute Gasteiger partial charge is 0.480 e. The number of benzene rings is 3. The molecule has 0 fully saturated rings. The van der Waals surface area contributed by atoms with Crippen LogP contribution in [0.5, 0.6) is 0 Å². The Kier molecular flexibility index (Phi) is 9.08. The van der Waals surface area contributed by atoms with Crippen molar-refractivity contribution in [1.29, 1.82) is 0 Å². The van der Waals surface area contributed by atoms with Gasteiger partial charge in [-0.3, -0.25) is 13.8 Å². The standard InChI is InChI=1S/C28H21Cl2IN4O5S2/c29-18-7-3-16(4-8-18)25(17-5-9-19(30)10-6-17)26(28(37)38)33-27(36)21-12-11-20(31)14-22(21)34-42(39,40)24-2-1-13-35-23(24)15-32-41-35/h1-15,25-26,32,34H,(H,33,36)(H,37,38). The molecule has 0 radical (unpaired) electrons. The van der Waals surface area contributed by atoms with Crippen LogP contribution in [0.4, 0.5) is 5.69 Å². The first-order valence-corrected chi connectivity index (χ1v) is 16.3. The molecule has 0 bridgehead atoms. The second kappa shape index (κ2) is 12.6. The minimum absolute atomic E-state index is 0.000660. The highest BCUT2D eigenvalue weighted by Crippen LogP contribution is 2.35. The highest BCUT2D eigenvalue weighted by Gasteiger charge is 2.34. The summed E-state index contributed by atoms with van der Waals surface area (Å²) in [7, 11) is -4.15. The van der Waals surface area contributed by atoms with Gasteiger partial charge in [-0.2, -0.15) is 0 Å². The Hall–Kier alpha value is -3.17. The van der Waals surface area contributed by atoms with Crippen LogP contribution in [0.15, 0.2) is 102 Å². The second-order valence-electron chi connectivity index (χ2n) is 9.10. The van der Waals surface area contributed by atoms with Crippen LogP contribution in [0, 0.1) is 3.57 Å². The predicted molar refractivity (Wildman–Crippen MR) is 173 cm³/mol. The molecule has 2 heterocycles. The van der Waals surface area contributed by atoms with Gasteiger partial charge in [0.2, 0.25) is 0 Å². The Balaban J connectivity index is 1.49. The van der Waals surface area contributed by atoms with E-state index in [-0.39, 0.29) is 16.2 Å². The number of anilines is 1. The molecule has 1 atom stereocenters. The molecule has 216 valence electrons. The van der Waals surface area contributed by atoms with Gasteiger partial charge in [-0.05, 0) is 88.3 Å². The zero-order valence-corrected chi connectivity index (χ0v) is 26.6. The number of hydrogen-bond acceptors (Lipinski definition) is 7. The molecular formula is C28H21Cl2IN4O5S2. The third kappa shape index (κ3) is 6.57. The van der Waals surface area contributed by atoms with Crippen LogP contribution in [0.1, 0.15) is 27.4 Å². The second-order valence-corrected chi connectivity index (χ2v) is 13.7. The lowest BCUT2D eigenvalue weighted by atomic mass is 9.84. The Morgan fingerprint density at radius 2 is 1.60 bits per heavy atom. The van der Waals surface area contributed by atoms with E-state index < -0.39 is 33.9 Å². The lowest BCUT2D eigenvalue weighted by molar-refractivity contribution is -0.139. The van der Waals surface area contributed by atoms with E-state index in [1.807, 2.05) is 22.6 Å². The molecule has 0 saturated carbocycles. The third-order valence-corrected chi connectivity index (χ3v) is 9.74. The van der Waals surface area contributed by atoms with Crippen molar-refractivity contribution in [3.63, 3.8) is 0 Å². The van der Waals surface area contributed by atoms with Crippen molar-refractivity contribution >= 4 is 85.5 Å². The minimum Gasteiger partial charge on any atom is -0.480 e. The van der Waals surface area contributed by atoms with Gasteiger partial charge >= 0.3 is 5.97 Å². The number of fused-ring (bicyclic) bond motifs is 1. The molecule has 0 aromatic heterocycles. The molecule has 14 heteroatoms. The van der Waals surface area contributed by atoms with E-state index in [0.29, 0.717) is 30.4 Å². The summed E-state index contributed by atoms with van der Waals surface area (Å²) in [6.07, 6.45) is 6.32. The van der Waals surface area contributed by atoms with Crippen LogP contribution in [-0.4, -0.2) is 35.7 Å². The summed E-state index contributed by atoms with van der Waals surface area (Å²) in [5.41, 5.74) is 1.56. The average Bonchev–Trinajstić information content (AvgIpc) is 3.43. The number of carboxylic acids is 1. The Labute approximate surface area is 270 Å². The Morgan fingerprint density at radius 3 is 2.19 bits per heavy atom. The van der Waals surface area contributed by atoms with E-state index in [9.17, 15) is 23.1 Å². The molecule has 0 spiro atoms. The number of carbonyl (C=O) groups excluding carboxylic acids is 1. The Morgan fingerprint density at radius 1 is 0.976 bits per heavy atom. The van der Waals surface area contributed by atoms with Crippen molar-refractivity contribution in [3.05, 3.63) is 132 Å². The quantitative estimate of drug-likeness (QED) is 0.153. The SMILES string of the molecule is O=C(NC(C(=O)O)C(c1ccc(Cl)cc1)c1ccc(Cl)cc1)c1ccc(I)cc1NS(=O)(=O)C1=CC=CN2SNC=C12. The monoisotopic (exact) mass is 754 g/mol. The van der Waals surface area contributed by atoms with Gasteiger partial charge in [0.25, 0.3) is 15.9 Å². The summed E-state index contributed by atoms with van der Waals surface area (Å²) in [5.74, 6) is -2.89. The number of nitrogens with zero attached hydrogens (tertiary/aromatic N) is 1. The van der Waals surface area contributed by atoms with Gasteiger partial charge in [0, 0.05) is 31.9 Å². The van der Waals surface area contributed by atoms with E-state index in [0.717, 1.165) is 0 Å². The number of hydrogen-bond donors (Lipinski definition) is 4. The number of aliphatic carboxylic acids is 1. The van der Waals surface area contributed by atoms with E-state index >= 15 is 0 Å². The van der Waals surface area contributed by atoms with Crippen LogP contribution in [0.3, 0.4) is 0 Å². The number of sulfonamides is 1. The first-order valence-electron chi connectivity index (χ1n) is 12.2. The summed E-state index contributed by atoms with van der Waals surface area (Å²) in [6.45, 7) is 0. The smallest absolute Gasteiger partial charge is 0.327 e. The van der Waals surface area contributed by atoms with Crippen LogP contribution < -0.4 is 14.8 Å². The number of carboxylic acid groups (broad SMARTS) is 1. The molecule has 3 aromatic rings. The van der Waals surface area contributed by atoms with Crippen molar-refractivity contribution in [2.45, 2.75) is 12.0 Å². The number of rotatable bonds is 9. The van der Waals surface area contributed by atoms with Gasteiger partial charge in [-0.15, -0.1) is 0 Å². The van der Waals surface area contributed by atoms with Crippen molar-refractivity contribution in [3.8, 4) is 0 Å². The highest BCUT2D eigenvalue weighted by atomic mass is 127. The van der Waals surface area contributed by atoms with Gasteiger partial charge in [0.05, 0.1) is 29.1 Å². The molecule has 4 N–H and O–H groups in total. The fourth-order valence-electron chi connectivity index (χ4n) is 4.49. The number of nitrogens with one attached hydrogen (secondary N) is 3. The lowest BCUT2D eigenvalue weighted by Crippen LogP contribution is -2.45. The molecule has 3 aromatic carbocycles. The number of carbonyl (C=O) groups is 2. The summed E-state index contributed by atoms with van der Waals surface area (Å²) >= 11 is 15.4. The zero-order valence-electron chi connectivity index (χ0n) is 21.3. The molecule has 2 aliphatic rings. The van der Waals surface area contributed by atoms with Crippen LogP contribution in [-0.2, 0) is 14.8 Å². The topological polar surface area (TPSA) is 128 Å². The first-order chi connectivity index (χ1) is 20.0. The van der Waals surface area contributed by atoms with E-state index in [2.05, 4.69) is 14.8 Å². The molecule has 1 unspecified atom stereocenters. The molecule has 5 rings (SSSR count). The maximum Gasteiger partial charge on any atom is 0.327 e. The maximum atomic E-state index is 13.7. The lowest BCUT2D eigenvalue weighted by Gasteiger charge is -2.27. The van der Waals surface area contributed by atoms with Gasteiger partial charge < -0.3 is 15.1 Å². The number of halogens is 3. The summed E-state index contributed by atoms with van der Waals surface area (Å²) in [5, 5.41) is 13.9. The first kappa shape index (κ1) is 30.3. The minimum atomic E-state index is -4.15. The molecule has 0 aliphatic carbocycles. The zero-order chi connectivity index (χ0) is 30.0. The average molecular weight is 755 g/mol. The predicted octanol–water partition coefficient (Wildman–Crippen LogP) is 6.08. The third-order valence-electron chi connectivity index (χ3n) is 6.41. The Bertz CT molecular complexity index is 1700. The van der Waals surface area contributed by atoms with Gasteiger partial charge in [-0.25, -0.2) is 13.2 Å². The van der Waals surface area contributed by atoms with Crippen molar-refractivity contribution < 1.29 is 23.1 Å². The van der Waals surface area contributed by atoms with Crippen molar-refractivity contribution in [1.82, 2.24) is 14.3 Å². The molecule has 9 nitrogen and oxygen atoms in total. The summed E-state index contributed by atoms with van der Waals surface area (Å²) < 4.78 is 34.7. The van der Waals surface area contributed by atoms with Crippen LogP contribution >= 0.6 is 57.9 Å². The fourth-order valence-corrected chi connectivity index (χ4v) is 7.20. The highest BCUT2D eigenvalue weighted by molar-refractivity contribution is 14.1. The fraction of sp³-hybridized carbons (Fsp3) is 0.0714. The molecular weight excluding hydrogens is 734 g/mol. The van der Waals surface area contributed by atoms with Gasteiger partial charge in [-0.1, -0.05) is 47.5 Å². The van der Waals surface area contributed by atoms with Crippen molar-refractivity contribution in [2.24, 2.45) is 0 Å². The van der Waals surface area contributed by atoms with E-state index in [4.69, 9.17) is 23.2 Å². The molecule has 2 aliphatic heterocycles. The number of allylic oxidation sites excluding steroid dienone is 2. The molecule has 0 saturated heterocycles. The normalized spacial score (nSPS) is 14.9. The van der Waals surface area contributed by atoms with Gasteiger partial charge in [0.15, 0.2) is 0 Å². The molecule has 42 heavy (non-hydrogen) atoms. The summed E-state index contributed by atoms with van der Waals surface area (Å²) in [4.78, 5) is 26.4. The van der Waals surface area contributed by atoms with Gasteiger partial charge in [0.1, 0.15) is 10.9 Å².